The van der Waals surface area contributed by atoms with Gasteiger partial charge >= 0.3 is 5.97 Å². The molecule has 2 aromatic rings. The molecule has 0 unspecified atom stereocenters. The molecule has 0 aliphatic carbocycles. The largest absolute Gasteiger partial charge is 0.464 e. The van der Waals surface area contributed by atoms with Crippen LogP contribution in [-0.2, 0) is 17.7 Å². The quantitative estimate of drug-likeness (QED) is 0.650. The highest BCUT2D eigenvalue weighted by Crippen LogP contribution is 2.17. The molecule has 1 aromatic carbocycles. The standard InChI is InChI=1S/C20H26N2O3S/c1-5-15-6-8-16(9-7-15)19(23)22(11-10-14(2)3)12-18-21-17(13-26-18)20(24)25-4/h6-9,13-14H,5,10-12H2,1-4H3. The van der Waals surface area contributed by atoms with Crippen molar-refractivity contribution in [1.82, 2.24) is 9.88 Å². The van der Waals surface area contributed by atoms with Gasteiger partial charge in [0.15, 0.2) is 5.69 Å². The zero-order valence-electron chi connectivity index (χ0n) is 15.8. The lowest BCUT2D eigenvalue weighted by Crippen LogP contribution is -2.32. The highest BCUT2D eigenvalue weighted by Gasteiger charge is 2.19. The molecule has 6 heteroatoms. The number of hydrogen-bond acceptors (Lipinski definition) is 5. The molecule has 140 valence electrons. The number of ether oxygens (including phenoxy) is 1. The minimum absolute atomic E-state index is 0.0110. The van der Waals surface area contributed by atoms with Crippen molar-refractivity contribution in [3.63, 3.8) is 0 Å². The Kier molecular flexibility index (Phi) is 7.33. The molecule has 1 aromatic heterocycles. The van der Waals surface area contributed by atoms with Crippen molar-refractivity contribution in [3.8, 4) is 0 Å². The minimum Gasteiger partial charge on any atom is -0.464 e. The van der Waals surface area contributed by atoms with Crippen LogP contribution in [0, 0.1) is 5.92 Å². The molecule has 0 aliphatic rings. The molecule has 0 saturated heterocycles. The van der Waals surface area contributed by atoms with E-state index in [0.717, 1.165) is 17.8 Å². The van der Waals surface area contributed by atoms with Crippen LogP contribution in [0.3, 0.4) is 0 Å². The Hall–Kier alpha value is -2.21. The monoisotopic (exact) mass is 374 g/mol. The average molecular weight is 375 g/mol. The van der Waals surface area contributed by atoms with Gasteiger partial charge in [-0.1, -0.05) is 32.9 Å². The van der Waals surface area contributed by atoms with E-state index in [4.69, 9.17) is 4.74 Å². The normalized spacial score (nSPS) is 10.8. The molecular weight excluding hydrogens is 348 g/mol. The summed E-state index contributed by atoms with van der Waals surface area (Å²) in [5, 5.41) is 2.40. The average Bonchev–Trinajstić information content (AvgIpc) is 3.12. The molecule has 5 nitrogen and oxygen atoms in total. The summed E-state index contributed by atoms with van der Waals surface area (Å²) in [5.74, 6) is 0.0283. The SMILES string of the molecule is CCc1ccc(C(=O)N(CCC(C)C)Cc2nc(C(=O)OC)cs2)cc1. The van der Waals surface area contributed by atoms with Crippen molar-refractivity contribution < 1.29 is 14.3 Å². The number of amides is 1. The predicted octanol–water partition coefficient (Wildman–Crippen LogP) is 4.18. The third-order valence-electron chi connectivity index (χ3n) is 4.15. The molecule has 0 saturated carbocycles. The maximum absolute atomic E-state index is 13.0. The number of rotatable bonds is 8. The van der Waals surface area contributed by atoms with E-state index in [1.807, 2.05) is 24.3 Å². The van der Waals surface area contributed by atoms with E-state index in [0.29, 0.717) is 24.6 Å². The van der Waals surface area contributed by atoms with Gasteiger partial charge in [0, 0.05) is 17.5 Å². The molecule has 0 N–H and O–H groups in total. The number of nitrogens with zero attached hydrogens (tertiary/aromatic N) is 2. The van der Waals surface area contributed by atoms with Crippen LogP contribution in [0.15, 0.2) is 29.6 Å². The molecule has 0 radical (unpaired) electrons. The summed E-state index contributed by atoms with van der Waals surface area (Å²) in [5.41, 5.74) is 2.17. The van der Waals surface area contributed by atoms with Gasteiger partial charge in [0.25, 0.3) is 5.91 Å². The second-order valence-electron chi connectivity index (χ2n) is 6.58. The van der Waals surface area contributed by atoms with Crippen molar-refractivity contribution >= 4 is 23.2 Å². The lowest BCUT2D eigenvalue weighted by atomic mass is 10.1. The summed E-state index contributed by atoms with van der Waals surface area (Å²) in [6.07, 6.45) is 1.86. The zero-order chi connectivity index (χ0) is 19.1. The Balaban J connectivity index is 2.17. The van der Waals surface area contributed by atoms with Crippen molar-refractivity contribution in [2.45, 2.75) is 40.2 Å². The van der Waals surface area contributed by atoms with Crippen LogP contribution < -0.4 is 0 Å². The van der Waals surface area contributed by atoms with Crippen molar-refractivity contribution in [3.05, 3.63) is 51.5 Å². The highest BCUT2D eigenvalue weighted by atomic mass is 32.1. The second kappa shape index (κ2) is 9.48. The van der Waals surface area contributed by atoms with Crippen LogP contribution in [-0.4, -0.2) is 35.4 Å². The van der Waals surface area contributed by atoms with Crippen molar-refractivity contribution in [2.24, 2.45) is 5.92 Å². The van der Waals surface area contributed by atoms with Gasteiger partial charge in [-0.2, -0.15) is 0 Å². The number of carbonyl (C=O) groups excluding carboxylic acids is 2. The van der Waals surface area contributed by atoms with E-state index >= 15 is 0 Å². The fourth-order valence-electron chi connectivity index (χ4n) is 2.48. The van der Waals surface area contributed by atoms with Gasteiger partial charge in [-0.05, 0) is 36.5 Å². The van der Waals surface area contributed by atoms with E-state index in [1.165, 1.54) is 24.0 Å². The van der Waals surface area contributed by atoms with Gasteiger partial charge in [0.05, 0.1) is 13.7 Å². The van der Waals surface area contributed by atoms with Gasteiger partial charge in [-0.3, -0.25) is 4.79 Å². The lowest BCUT2D eigenvalue weighted by molar-refractivity contribution is 0.0594. The summed E-state index contributed by atoms with van der Waals surface area (Å²) < 4.78 is 4.70. The number of methoxy groups -OCH3 is 1. The van der Waals surface area contributed by atoms with Crippen molar-refractivity contribution in [2.75, 3.05) is 13.7 Å². The van der Waals surface area contributed by atoms with Crippen LogP contribution in [0.4, 0.5) is 0 Å². The highest BCUT2D eigenvalue weighted by molar-refractivity contribution is 7.09. The van der Waals surface area contributed by atoms with Crippen molar-refractivity contribution in [1.29, 1.82) is 0 Å². The first kappa shape index (κ1) is 20.1. The third kappa shape index (κ3) is 5.39. The van der Waals surface area contributed by atoms with Crippen LogP contribution in [0.1, 0.15) is 58.6 Å². The fraction of sp³-hybridized carbons (Fsp3) is 0.450. The summed E-state index contributed by atoms with van der Waals surface area (Å²) in [7, 11) is 1.33. The van der Waals surface area contributed by atoms with Gasteiger partial charge in [-0.25, -0.2) is 9.78 Å². The minimum atomic E-state index is -0.456. The Bertz CT molecular complexity index is 738. The molecule has 0 bridgehead atoms. The number of carbonyl (C=O) groups is 2. The molecule has 1 heterocycles. The first-order valence-electron chi connectivity index (χ1n) is 8.85. The predicted molar refractivity (Wildman–Crippen MR) is 103 cm³/mol. The summed E-state index contributed by atoms with van der Waals surface area (Å²) >= 11 is 1.37. The fourth-order valence-corrected chi connectivity index (χ4v) is 3.26. The number of thiazole rings is 1. The van der Waals surface area contributed by atoms with E-state index in [-0.39, 0.29) is 11.6 Å². The Morgan fingerprint density at radius 1 is 1.23 bits per heavy atom. The smallest absolute Gasteiger partial charge is 0.357 e. The zero-order valence-corrected chi connectivity index (χ0v) is 16.6. The lowest BCUT2D eigenvalue weighted by Gasteiger charge is -2.23. The van der Waals surface area contributed by atoms with Crippen LogP contribution in [0.25, 0.3) is 0 Å². The maximum atomic E-state index is 13.0. The van der Waals surface area contributed by atoms with E-state index in [9.17, 15) is 9.59 Å². The molecule has 0 aliphatic heterocycles. The molecule has 26 heavy (non-hydrogen) atoms. The van der Waals surface area contributed by atoms with Crippen LogP contribution in [0.2, 0.25) is 0 Å². The third-order valence-corrected chi connectivity index (χ3v) is 4.98. The second-order valence-corrected chi connectivity index (χ2v) is 7.52. The molecule has 2 rings (SSSR count). The number of benzene rings is 1. The van der Waals surface area contributed by atoms with Gasteiger partial charge in [0.2, 0.25) is 0 Å². The first-order chi connectivity index (χ1) is 12.4. The maximum Gasteiger partial charge on any atom is 0.357 e. The van der Waals surface area contributed by atoms with E-state index in [1.54, 1.807) is 10.3 Å². The summed E-state index contributed by atoms with van der Waals surface area (Å²) in [4.78, 5) is 30.7. The number of aromatic nitrogens is 1. The Labute approximate surface area is 159 Å². The van der Waals surface area contributed by atoms with E-state index < -0.39 is 5.97 Å². The molecular formula is C20H26N2O3S. The van der Waals surface area contributed by atoms with E-state index in [2.05, 4.69) is 25.8 Å². The molecule has 0 atom stereocenters. The first-order valence-corrected chi connectivity index (χ1v) is 9.73. The Morgan fingerprint density at radius 2 is 1.92 bits per heavy atom. The molecule has 0 spiro atoms. The number of esters is 1. The molecule has 1 amide bonds. The van der Waals surface area contributed by atoms with Gasteiger partial charge in [-0.15, -0.1) is 11.3 Å². The van der Waals surface area contributed by atoms with Gasteiger partial charge < -0.3 is 9.64 Å². The summed E-state index contributed by atoms with van der Waals surface area (Å²) in [6, 6.07) is 7.75. The van der Waals surface area contributed by atoms with Gasteiger partial charge in [0.1, 0.15) is 5.01 Å². The summed E-state index contributed by atoms with van der Waals surface area (Å²) in [6.45, 7) is 7.41. The van der Waals surface area contributed by atoms with Crippen LogP contribution in [0.5, 0.6) is 0 Å². The number of aryl methyl sites for hydroxylation is 1. The Morgan fingerprint density at radius 3 is 2.50 bits per heavy atom. The topological polar surface area (TPSA) is 59.5 Å². The molecule has 0 fully saturated rings. The number of hydrogen-bond donors (Lipinski definition) is 0. The van der Waals surface area contributed by atoms with Crippen LogP contribution >= 0.6 is 11.3 Å².